The lowest BCUT2D eigenvalue weighted by Crippen LogP contribution is -2.16. The van der Waals surface area contributed by atoms with Crippen molar-refractivity contribution in [1.82, 2.24) is 5.32 Å². The van der Waals surface area contributed by atoms with Gasteiger partial charge in [0.1, 0.15) is 5.78 Å². The summed E-state index contributed by atoms with van der Waals surface area (Å²) in [6, 6.07) is 0. The van der Waals surface area contributed by atoms with Gasteiger partial charge < -0.3 is 5.32 Å². The van der Waals surface area contributed by atoms with Crippen LogP contribution < -0.4 is 5.32 Å². The van der Waals surface area contributed by atoms with E-state index in [2.05, 4.69) is 5.32 Å². The largest absolute Gasteiger partial charge is 0.316 e. The Labute approximate surface area is 61.0 Å². The highest BCUT2D eigenvalue weighted by Gasteiger charge is 2.35. The van der Waals surface area contributed by atoms with Crippen molar-refractivity contribution < 1.29 is 4.79 Å². The van der Waals surface area contributed by atoms with E-state index in [0.717, 1.165) is 38.3 Å². The van der Waals surface area contributed by atoms with Crippen molar-refractivity contribution in [3.05, 3.63) is 5.92 Å². The number of rotatable bonds is 2. The fourth-order valence-corrected chi connectivity index (χ4v) is 1.41. The Morgan fingerprint density at radius 1 is 1.50 bits per heavy atom. The van der Waals surface area contributed by atoms with Gasteiger partial charge in [-0.3, -0.25) is 4.79 Å². The average Bonchev–Trinajstić information content (AvgIpc) is 2.65. The summed E-state index contributed by atoms with van der Waals surface area (Å²) in [4.78, 5) is 11.3. The van der Waals surface area contributed by atoms with Crippen LogP contribution >= 0.6 is 0 Å². The Bertz CT molecular complexity index is 145. The lowest BCUT2D eigenvalue weighted by molar-refractivity contribution is -0.118. The maximum atomic E-state index is 11.3. The van der Waals surface area contributed by atoms with E-state index < -0.39 is 0 Å². The minimum atomic E-state index is 0.426. The lowest BCUT2D eigenvalue weighted by Gasteiger charge is -2.02. The van der Waals surface area contributed by atoms with Crippen molar-refractivity contribution >= 4 is 5.78 Å². The average molecular weight is 138 g/mol. The van der Waals surface area contributed by atoms with Gasteiger partial charge in [0.2, 0.25) is 0 Å². The van der Waals surface area contributed by atoms with E-state index in [9.17, 15) is 4.79 Å². The number of hydrogen-bond acceptors (Lipinski definition) is 2. The second kappa shape index (κ2) is 2.35. The summed E-state index contributed by atoms with van der Waals surface area (Å²) < 4.78 is 0. The van der Waals surface area contributed by atoms with E-state index in [1.807, 2.05) is 0 Å². The lowest BCUT2D eigenvalue weighted by atomic mass is 10.0. The van der Waals surface area contributed by atoms with Crippen molar-refractivity contribution in [2.75, 3.05) is 13.1 Å². The molecule has 1 saturated carbocycles. The molecule has 10 heavy (non-hydrogen) atoms. The first-order valence-corrected chi connectivity index (χ1v) is 3.97. The van der Waals surface area contributed by atoms with Crippen LogP contribution in [-0.4, -0.2) is 18.9 Å². The zero-order valence-corrected chi connectivity index (χ0v) is 6.02. The minimum Gasteiger partial charge on any atom is -0.316 e. The van der Waals surface area contributed by atoms with Crippen LogP contribution in [0.2, 0.25) is 0 Å². The highest BCUT2D eigenvalue weighted by molar-refractivity contribution is 5.96. The number of ketones is 1. The number of hydrogen-bond donors (Lipinski definition) is 1. The Morgan fingerprint density at radius 3 is 2.80 bits per heavy atom. The van der Waals surface area contributed by atoms with Crippen molar-refractivity contribution in [1.29, 1.82) is 0 Å². The van der Waals surface area contributed by atoms with Gasteiger partial charge in [-0.1, -0.05) is 0 Å². The molecule has 1 aliphatic carbocycles. The van der Waals surface area contributed by atoms with E-state index in [1.165, 1.54) is 0 Å². The second-order valence-electron chi connectivity index (χ2n) is 3.17. The molecule has 55 valence electrons. The molecule has 0 bridgehead atoms. The molecular weight excluding hydrogens is 126 g/mol. The molecule has 0 atom stereocenters. The molecule has 2 fully saturated rings. The Morgan fingerprint density at radius 2 is 2.30 bits per heavy atom. The zero-order chi connectivity index (χ0) is 6.97. The van der Waals surface area contributed by atoms with Crippen LogP contribution in [-0.2, 0) is 4.79 Å². The molecule has 1 saturated heterocycles. The normalized spacial score (nSPS) is 27.2. The molecular formula is C8H12NO. The van der Waals surface area contributed by atoms with E-state index >= 15 is 0 Å². The molecule has 0 aromatic carbocycles. The molecule has 0 amide bonds. The number of Topliss-reactive ketones (excluding diaryl/α,β-unsaturated/α-hetero) is 1. The first-order valence-electron chi connectivity index (χ1n) is 3.97. The third kappa shape index (κ3) is 1.08. The highest BCUT2D eigenvalue weighted by atomic mass is 16.1. The number of carbonyl (C=O) groups excluding carboxylic acids is 1. The molecule has 1 heterocycles. The van der Waals surface area contributed by atoms with Gasteiger partial charge >= 0.3 is 0 Å². The third-order valence-electron chi connectivity index (χ3n) is 2.24. The van der Waals surface area contributed by atoms with Gasteiger partial charge in [0, 0.05) is 12.5 Å². The maximum absolute atomic E-state index is 11.3. The molecule has 2 heteroatoms. The fraction of sp³-hybridized carbons (Fsp3) is 0.750. The highest BCUT2D eigenvalue weighted by Crippen LogP contribution is 2.34. The molecule has 2 rings (SSSR count). The molecule has 0 aromatic heterocycles. The zero-order valence-electron chi connectivity index (χ0n) is 6.02. The standard InChI is InChI=1S/C8H12NO/c10-8(6-1-2-6)7-3-4-9-5-7/h6,9H,1-5H2. The Hall–Kier alpha value is -0.370. The van der Waals surface area contributed by atoms with Crippen molar-refractivity contribution in [3.8, 4) is 0 Å². The Balaban J connectivity index is 1.90. The van der Waals surface area contributed by atoms with Crippen molar-refractivity contribution in [3.63, 3.8) is 0 Å². The van der Waals surface area contributed by atoms with E-state index in [0.29, 0.717) is 11.7 Å². The second-order valence-corrected chi connectivity index (χ2v) is 3.17. The quantitative estimate of drug-likeness (QED) is 0.603. The summed E-state index contributed by atoms with van der Waals surface area (Å²) in [5.74, 6) is 2.02. The minimum absolute atomic E-state index is 0.426. The summed E-state index contributed by atoms with van der Waals surface area (Å²) in [6.07, 6.45) is 3.28. The van der Waals surface area contributed by atoms with Crippen molar-refractivity contribution in [2.24, 2.45) is 5.92 Å². The van der Waals surface area contributed by atoms with Crippen LogP contribution in [0.1, 0.15) is 19.3 Å². The fourth-order valence-electron chi connectivity index (χ4n) is 1.41. The van der Waals surface area contributed by atoms with Crippen LogP contribution in [0.15, 0.2) is 0 Å². The number of carbonyl (C=O) groups is 1. The molecule has 1 N–H and O–H groups in total. The molecule has 0 unspecified atom stereocenters. The van der Waals surface area contributed by atoms with Gasteiger partial charge in [0.05, 0.1) is 5.92 Å². The Kier molecular flexibility index (Phi) is 1.49. The van der Waals surface area contributed by atoms with Gasteiger partial charge in [0.25, 0.3) is 0 Å². The van der Waals surface area contributed by atoms with E-state index in [1.54, 1.807) is 0 Å². The third-order valence-corrected chi connectivity index (χ3v) is 2.24. The van der Waals surface area contributed by atoms with E-state index in [-0.39, 0.29) is 0 Å². The number of nitrogens with one attached hydrogen (secondary N) is 1. The molecule has 2 aliphatic rings. The van der Waals surface area contributed by atoms with Gasteiger partial charge in [0.15, 0.2) is 0 Å². The summed E-state index contributed by atoms with van der Waals surface area (Å²) in [5, 5.41) is 3.18. The SMILES string of the molecule is O=C([C]1CCNC1)C1CC1. The first kappa shape index (κ1) is 6.35. The van der Waals surface area contributed by atoms with Crippen LogP contribution in [0.25, 0.3) is 0 Å². The molecule has 1 radical (unpaired) electrons. The molecule has 0 aromatic rings. The van der Waals surface area contributed by atoms with Crippen LogP contribution in [0.5, 0.6) is 0 Å². The van der Waals surface area contributed by atoms with Crippen molar-refractivity contribution in [2.45, 2.75) is 19.3 Å². The summed E-state index contributed by atoms with van der Waals surface area (Å²) in [6.45, 7) is 1.86. The first-order chi connectivity index (χ1) is 4.88. The predicted octanol–water partition coefficient (Wildman–Crippen LogP) is 0.533. The van der Waals surface area contributed by atoms with Crippen LogP contribution in [0, 0.1) is 11.8 Å². The van der Waals surface area contributed by atoms with Crippen LogP contribution in [0.4, 0.5) is 0 Å². The predicted molar refractivity (Wildman–Crippen MR) is 38.5 cm³/mol. The summed E-state index contributed by atoms with van der Waals surface area (Å²) >= 11 is 0. The molecule has 0 spiro atoms. The van der Waals surface area contributed by atoms with Gasteiger partial charge in [-0.2, -0.15) is 0 Å². The van der Waals surface area contributed by atoms with Gasteiger partial charge in [-0.05, 0) is 25.8 Å². The topological polar surface area (TPSA) is 29.1 Å². The van der Waals surface area contributed by atoms with Gasteiger partial charge in [-0.25, -0.2) is 0 Å². The summed E-state index contributed by atoms with van der Waals surface area (Å²) in [5.41, 5.74) is 0. The van der Waals surface area contributed by atoms with Crippen LogP contribution in [0.3, 0.4) is 0 Å². The van der Waals surface area contributed by atoms with Gasteiger partial charge in [-0.15, -0.1) is 0 Å². The van der Waals surface area contributed by atoms with E-state index in [4.69, 9.17) is 0 Å². The monoisotopic (exact) mass is 138 g/mol. The molecule has 1 aliphatic heterocycles. The maximum Gasteiger partial charge on any atom is 0.144 e. The smallest absolute Gasteiger partial charge is 0.144 e. The summed E-state index contributed by atoms with van der Waals surface area (Å²) in [7, 11) is 0. The molecule has 2 nitrogen and oxygen atoms in total.